The first-order chi connectivity index (χ1) is 12.7. The van der Waals surface area contributed by atoms with Gasteiger partial charge in [-0.15, -0.1) is 5.10 Å². The molecular formula is C19H20N6O. The fourth-order valence-electron chi connectivity index (χ4n) is 2.39. The summed E-state index contributed by atoms with van der Waals surface area (Å²) in [4.78, 5) is 15.4. The number of anilines is 4. The number of nitrogens with one attached hydrogen (secondary N) is 3. The first kappa shape index (κ1) is 17.3. The molecule has 0 saturated heterocycles. The molecule has 0 saturated carbocycles. The van der Waals surface area contributed by atoms with Crippen LogP contribution in [0, 0.1) is 0 Å². The minimum atomic E-state index is -0.100. The molecule has 0 radical (unpaired) electrons. The zero-order chi connectivity index (χ0) is 18.2. The van der Waals surface area contributed by atoms with Crippen LogP contribution < -0.4 is 16.0 Å². The minimum absolute atomic E-state index is 0.100. The molecular weight excluding hydrogens is 328 g/mol. The van der Waals surface area contributed by atoms with E-state index < -0.39 is 0 Å². The van der Waals surface area contributed by atoms with Crippen molar-refractivity contribution < 1.29 is 4.79 Å². The van der Waals surface area contributed by atoms with Crippen LogP contribution in [0.5, 0.6) is 0 Å². The lowest BCUT2D eigenvalue weighted by atomic mass is 10.1. The molecule has 1 heterocycles. The molecule has 0 spiro atoms. The van der Waals surface area contributed by atoms with Crippen LogP contribution in [0.25, 0.3) is 0 Å². The Morgan fingerprint density at radius 3 is 2.46 bits per heavy atom. The maximum absolute atomic E-state index is 11.0. The molecule has 2 aromatic carbocycles. The third-order valence-corrected chi connectivity index (χ3v) is 3.58. The zero-order valence-electron chi connectivity index (χ0n) is 14.4. The van der Waals surface area contributed by atoms with Gasteiger partial charge in [0.2, 0.25) is 11.9 Å². The van der Waals surface area contributed by atoms with E-state index in [-0.39, 0.29) is 5.91 Å². The van der Waals surface area contributed by atoms with E-state index in [1.54, 1.807) is 6.20 Å². The number of carbonyl (C=O) groups is 1. The Morgan fingerprint density at radius 2 is 1.73 bits per heavy atom. The fraction of sp³-hybridized carbons (Fsp3) is 0.158. The van der Waals surface area contributed by atoms with E-state index in [1.165, 1.54) is 12.5 Å². The number of rotatable bonds is 7. The Morgan fingerprint density at radius 1 is 1.00 bits per heavy atom. The Labute approximate surface area is 151 Å². The maximum Gasteiger partial charge on any atom is 0.244 e. The van der Waals surface area contributed by atoms with Gasteiger partial charge in [0, 0.05) is 24.8 Å². The van der Waals surface area contributed by atoms with Gasteiger partial charge in [-0.3, -0.25) is 4.79 Å². The molecule has 0 unspecified atom stereocenters. The quantitative estimate of drug-likeness (QED) is 0.607. The van der Waals surface area contributed by atoms with Crippen molar-refractivity contribution in [2.45, 2.75) is 13.3 Å². The number of benzene rings is 2. The molecule has 0 fully saturated rings. The molecule has 0 aliphatic carbocycles. The van der Waals surface area contributed by atoms with Crippen molar-refractivity contribution in [1.29, 1.82) is 0 Å². The van der Waals surface area contributed by atoms with Crippen LogP contribution >= 0.6 is 0 Å². The topological polar surface area (TPSA) is 91.8 Å². The SMILES string of the molecule is CC(=O)Nc1ccc(Nc2cnnc(NCCc3ccccc3)n2)cc1. The number of carbonyl (C=O) groups excluding carboxylic acids is 1. The lowest BCUT2D eigenvalue weighted by molar-refractivity contribution is -0.114. The molecule has 3 N–H and O–H groups in total. The average Bonchev–Trinajstić information content (AvgIpc) is 2.64. The number of aromatic nitrogens is 3. The predicted octanol–water partition coefficient (Wildman–Crippen LogP) is 3.23. The zero-order valence-corrected chi connectivity index (χ0v) is 14.4. The normalized spacial score (nSPS) is 10.2. The minimum Gasteiger partial charge on any atom is -0.353 e. The second-order valence-electron chi connectivity index (χ2n) is 5.71. The van der Waals surface area contributed by atoms with Crippen molar-refractivity contribution in [2.75, 3.05) is 22.5 Å². The van der Waals surface area contributed by atoms with Crippen LogP contribution in [0.1, 0.15) is 12.5 Å². The molecule has 3 rings (SSSR count). The van der Waals surface area contributed by atoms with E-state index in [1.807, 2.05) is 42.5 Å². The third kappa shape index (κ3) is 5.27. The van der Waals surface area contributed by atoms with E-state index in [9.17, 15) is 4.79 Å². The van der Waals surface area contributed by atoms with E-state index in [4.69, 9.17) is 0 Å². The highest BCUT2D eigenvalue weighted by Crippen LogP contribution is 2.17. The molecule has 7 nitrogen and oxygen atoms in total. The van der Waals surface area contributed by atoms with E-state index in [0.717, 1.165) is 24.3 Å². The molecule has 0 bridgehead atoms. The van der Waals surface area contributed by atoms with E-state index >= 15 is 0 Å². The summed E-state index contributed by atoms with van der Waals surface area (Å²) in [6.45, 7) is 2.20. The summed E-state index contributed by atoms with van der Waals surface area (Å²) >= 11 is 0. The molecule has 1 amide bonds. The van der Waals surface area contributed by atoms with Crippen molar-refractivity contribution in [3.05, 3.63) is 66.4 Å². The van der Waals surface area contributed by atoms with Gasteiger partial charge < -0.3 is 16.0 Å². The summed E-state index contributed by atoms with van der Waals surface area (Å²) in [7, 11) is 0. The largest absolute Gasteiger partial charge is 0.353 e. The average molecular weight is 348 g/mol. The molecule has 3 aromatic rings. The highest BCUT2D eigenvalue weighted by atomic mass is 16.1. The lowest BCUT2D eigenvalue weighted by Crippen LogP contribution is -2.09. The molecule has 132 valence electrons. The summed E-state index contributed by atoms with van der Waals surface area (Å²) in [6.07, 6.45) is 2.44. The number of hydrogen-bond donors (Lipinski definition) is 3. The van der Waals surface area contributed by atoms with Gasteiger partial charge in [-0.25, -0.2) is 0 Å². The number of amides is 1. The van der Waals surface area contributed by atoms with Crippen molar-refractivity contribution in [3.63, 3.8) is 0 Å². The number of nitrogens with zero attached hydrogens (tertiary/aromatic N) is 3. The molecule has 26 heavy (non-hydrogen) atoms. The van der Waals surface area contributed by atoms with Gasteiger partial charge in [-0.1, -0.05) is 30.3 Å². The Kier molecular flexibility index (Phi) is 5.72. The molecule has 7 heteroatoms. The fourth-order valence-corrected chi connectivity index (χ4v) is 2.39. The third-order valence-electron chi connectivity index (χ3n) is 3.58. The summed E-state index contributed by atoms with van der Waals surface area (Å²) in [5.74, 6) is 0.965. The number of hydrogen-bond acceptors (Lipinski definition) is 6. The first-order valence-corrected chi connectivity index (χ1v) is 8.31. The van der Waals surface area contributed by atoms with Gasteiger partial charge in [0.25, 0.3) is 0 Å². The van der Waals surface area contributed by atoms with Crippen LogP contribution in [0.2, 0.25) is 0 Å². The van der Waals surface area contributed by atoms with E-state index in [0.29, 0.717) is 11.8 Å². The Hall–Kier alpha value is -3.48. The van der Waals surface area contributed by atoms with Crippen LogP contribution in [0.3, 0.4) is 0 Å². The van der Waals surface area contributed by atoms with Crippen LogP contribution in [-0.4, -0.2) is 27.6 Å². The van der Waals surface area contributed by atoms with Crippen LogP contribution in [-0.2, 0) is 11.2 Å². The predicted molar refractivity (Wildman–Crippen MR) is 102 cm³/mol. The van der Waals surface area contributed by atoms with Crippen molar-refractivity contribution in [1.82, 2.24) is 15.2 Å². The monoisotopic (exact) mass is 348 g/mol. The molecule has 0 aliphatic heterocycles. The van der Waals surface area contributed by atoms with Gasteiger partial charge >= 0.3 is 0 Å². The van der Waals surface area contributed by atoms with Crippen LogP contribution in [0.4, 0.5) is 23.1 Å². The second kappa shape index (κ2) is 8.57. The Balaban J connectivity index is 1.56. The summed E-state index contributed by atoms with van der Waals surface area (Å²) in [5, 5.41) is 17.0. The summed E-state index contributed by atoms with van der Waals surface area (Å²) in [6, 6.07) is 17.6. The van der Waals surface area contributed by atoms with Gasteiger partial charge in [0.05, 0.1) is 6.20 Å². The second-order valence-corrected chi connectivity index (χ2v) is 5.71. The molecule has 1 aromatic heterocycles. The van der Waals surface area contributed by atoms with E-state index in [2.05, 4.69) is 43.3 Å². The van der Waals surface area contributed by atoms with Crippen molar-refractivity contribution >= 4 is 29.0 Å². The van der Waals surface area contributed by atoms with Crippen LogP contribution in [0.15, 0.2) is 60.8 Å². The molecule has 0 atom stereocenters. The summed E-state index contributed by atoms with van der Waals surface area (Å²) < 4.78 is 0. The van der Waals surface area contributed by atoms with Crippen molar-refractivity contribution in [2.24, 2.45) is 0 Å². The standard InChI is InChI=1S/C19H20N6O/c1-14(26)22-16-7-9-17(10-8-16)23-18-13-21-25-19(24-18)20-12-11-15-5-3-2-4-6-15/h2-10,13H,11-12H2,1H3,(H,22,26)(H2,20,23,24,25). The summed E-state index contributed by atoms with van der Waals surface area (Å²) in [5.41, 5.74) is 2.84. The smallest absolute Gasteiger partial charge is 0.244 e. The maximum atomic E-state index is 11.0. The van der Waals surface area contributed by atoms with Gasteiger partial charge in [-0.05, 0) is 36.2 Å². The molecule has 0 aliphatic rings. The lowest BCUT2D eigenvalue weighted by Gasteiger charge is -2.08. The van der Waals surface area contributed by atoms with Gasteiger partial charge in [0.1, 0.15) is 0 Å². The van der Waals surface area contributed by atoms with Crippen molar-refractivity contribution in [3.8, 4) is 0 Å². The Bertz CT molecular complexity index is 851. The highest BCUT2D eigenvalue weighted by molar-refractivity contribution is 5.88. The van der Waals surface area contributed by atoms with Gasteiger partial charge in [-0.2, -0.15) is 10.1 Å². The highest BCUT2D eigenvalue weighted by Gasteiger charge is 2.02. The van der Waals surface area contributed by atoms with Gasteiger partial charge in [0.15, 0.2) is 5.82 Å². The first-order valence-electron chi connectivity index (χ1n) is 8.31.